The summed E-state index contributed by atoms with van der Waals surface area (Å²) in [5, 5.41) is 5.44. The van der Waals surface area contributed by atoms with E-state index in [0.717, 1.165) is 15.7 Å². The van der Waals surface area contributed by atoms with Gasteiger partial charge in [0.1, 0.15) is 6.04 Å². The molecule has 1 fully saturated rings. The summed E-state index contributed by atoms with van der Waals surface area (Å²) in [7, 11) is 0. The van der Waals surface area contributed by atoms with Crippen molar-refractivity contribution in [1.82, 2.24) is 5.32 Å². The second-order valence-corrected chi connectivity index (χ2v) is 5.08. The Morgan fingerprint density at radius 2 is 2.24 bits per heavy atom. The van der Waals surface area contributed by atoms with Crippen molar-refractivity contribution in [1.29, 1.82) is 0 Å². The molecule has 1 aromatic carbocycles. The van der Waals surface area contributed by atoms with E-state index in [1.165, 1.54) is 0 Å². The average molecular weight is 297 g/mol. The number of halogens is 1. The number of carbonyl (C=O) groups excluding carboxylic acids is 2. The summed E-state index contributed by atoms with van der Waals surface area (Å²) in [5.74, 6) is -0.219. The number of carbonyl (C=O) groups is 2. The molecule has 0 aromatic heterocycles. The van der Waals surface area contributed by atoms with E-state index in [9.17, 15) is 9.59 Å². The van der Waals surface area contributed by atoms with Crippen molar-refractivity contribution in [3.05, 3.63) is 28.2 Å². The third-order valence-corrected chi connectivity index (χ3v) is 3.08. The molecule has 1 heterocycles. The van der Waals surface area contributed by atoms with Gasteiger partial charge >= 0.3 is 0 Å². The minimum absolute atomic E-state index is 0.0597. The minimum atomic E-state index is -0.401. The van der Waals surface area contributed by atoms with Gasteiger partial charge < -0.3 is 10.6 Å². The molecule has 0 unspecified atom stereocenters. The molecular weight excluding hydrogens is 284 g/mol. The number of anilines is 1. The predicted octanol–water partition coefficient (Wildman–Crippen LogP) is 1.97. The van der Waals surface area contributed by atoms with Gasteiger partial charge in [0, 0.05) is 16.6 Å². The summed E-state index contributed by atoms with van der Waals surface area (Å²) < 4.78 is 0.920. The zero-order valence-corrected chi connectivity index (χ0v) is 11.0. The molecule has 1 atom stereocenters. The highest BCUT2D eigenvalue weighted by molar-refractivity contribution is 9.10. The van der Waals surface area contributed by atoms with Crippen LogP contribution in [0.1, 0.15) is 18.4 Å². The molecule has 1 aromatic rings. The van der Waals surface area contributed by atoms with Gasteiger partial charge in [-0.1, -0.05) is 15.9 Å². The van der Waals surface area contributed by atoms with Crippen molar-refractivity contribution in [3.63, 3.8) is 0 Å². The summed E-state index contributed by atoms with van der Waals surface area (Å²) in [6.07, 6.45) is 0.993. The van der Waals surface area contributed by atoms with E-state index < -0.39 is 6.04 Å². The lowest BCUT2D eigenvalue weighted by molar-refractivity contribution is -0.122. The Bertz CT molecular complexity index is 453. The molecule has 0 bridgehead atoms. The highest BCUT2D eigenvalue weighted by Crippen LogP contribution is 2.19. The summed E-state index contributed by atoms with van der Waals surface area (Å²) >= 11 is 3.37. The van der Waals surface area contributed by atoms with Crippen LogP contribution in [0.25, 0.3) is 0 Å². The highest BCUT2D eigenvalue weighted by atomic mass is 79.9. The Balaban J connectivity index is 2.05. The number of amides is 2. The Labute approximate surface area is 108 Å². The summed E-state index contributed by atoms with van der Waals surface area (Å²) in [5.41, 5.74) is 1.80. The Morgan fingerprint density at radius 1 is 1.47 bits per heavy atom. The molecular formula is C12H13BrN2O2. The monoisotopic (exact) mass is 296 g/mol. The normalized spacial score (nSPS) is 18.9. The van der Waals surface area contributed by atoms with Gasteiger partial charge in [0.2, 0.25) is 11.8 Å². The quantitative estimate of drug-likeness (QED) is 0.877. The van der Waals surface area contributed by atoms with Crippen molar-refractivity contribution in [2.75, 3.05) is 5.32 Å². The van der Waals surface area contributed by atoms with Crippen molar-refractivity contribution in [2.24, 2.45) is 0 Å². The maximum Gasteiger partial charge on any atom is 0.246 e. The summed E-state index contributed by atoms with van der Waals surface area (Å²) in [6.45, 7) is 1.96. The second-order valence-electron chi connectivity index (χ2n) is 4.17. The van der Waals surface area contributed by atoms with Crippen LogP contribution in [0.2, 0.25) is 0 Å². The van der Waals surface area contributed by atoms with Gasteiger partial charge in [-0.15, -0.1) is 0 Å². The molecule has 1 aliphatic rings. The van der Waals surface area contributed by atoms with Gasteiger partial charge in [0.15, 0.2) is 0 Å². The van der Waals surface area contributed by atoms with Crippen LogP contribution in [-0.2, 0) is 9.59 Å². The largest absolute Gasteiger partial charge is 0.344 e. The lowest BCUT2D eigenvalue weighted by Gasteiger charge is -2.11. The van der Waals surface area contributed by atoms with Gasteiger partial charge in [-0.2, -0.15) is 0 Å². The Hall–Kier alpha value is -1.36. The molecule has 0 spiro atoms. The molecule has 0 aliphatic carbocycles. The van der Waals surface area contributed by atoms with Gasteiger partial charge in [0.05, 0.1) is 0 Å². The first-order valence-corrected chi connectivity index (χ1v) is 6.21. The first kappa shape index (κ1) is 12.1. The zero-order chi connectivity index (χ0) is 12.4. The van der Waals surface area contributed by atoms with Crippen LogP contribution in [-0.4, -0.2) is 17.9 Å². The number of rotatable bonds is 2. The molecule has 2 amide bonds. The smallest absolute Gasteiger partial charge is 0.246 e. The lowest BCUT2D eigenvalue weighted by atomic mass is 10.2. The average Bonchev–Trinajstić information content (AvgIpc) is 2.63. The highest BCUT2D eigenvalue weighted by Gasteiger charge is 2.27. The Kier molecular flexibility index (Phi) is 3.47. The van der Waals surface area contributed by atoms with Gasteiger partial charge in [-0.25, -0.2) is 0 Å². The van der Waals surface area contributed by atoms with Crippen LogP contribution in [0.3, 0.4) is 0 Å². The summed E-state index contributed by atoms with van der Waals surface area (Å²) in [4.78, 5) is 22.9. The van der Waals surface area contributed by atoms with Crippen LogP contribution in [0.5, 0.6) is 0 Å². The van der Waals surface area contributed by atoms with Crippen molar-refractivity contribution in [3.8, 4) is 0 Å². The minimum Gasteiger partial charge on any atom is -0.344 e. The summed E-state index contributed by atoms with van der Waals surface area (Å²) in [6, 6.07) is 5.29. The third kappa shape index (κ3) is 3.06. The van der Waals surface area contributed by atoms with Crippen molar-refractivity contribution < 1.29 is 9.59 Å². The van der Waals surface area contributed by atoms with E-state index in [1.807, 2.05) is 25.1 Å². The maximum atomic E-state index is 11.8. The first-order valence-electron chi connectivity index (χ1n) is 5.42. The number of hydrogen-bond acceptors (Lipinski definition) is 2. The molecule has 1 aliphatic heterocycles. The van der Waals surface area contributed by atoms with Crippen LogP contribution in [0.4, 0.5) is 5.69 Å². The molecule has 90 valence electrons. The fraction of sp³-hybridized carbons (Fsp3) is 0.333. The fourth-order valence-corrected chi connectivity index (χ4v) is 2.46. The van der Waals surface area contributed by atoms with Crippen LogP contribution in [0, 0.1) is 6.92 Å². The zero-order valence-electron chi connectivity index (χ0n) is 9.42. The van der Waals surface area contributed by atoms with Crippen LogP contribution in [0.15, 0.2) is 22.7 Å². The van der Waals surface area contributed by atoms with Gasteiger partial charge in [0.25, 0.3) is 0 Å². The number of benzene rings is 1. The van der Waals surface area contributed by atoms with Crippen molar-refractivity contribution in [2.45, 2.75) is 25.8 Å². The molecule has 0 saturated carbocycles. The maximum absolute atomic E-state index is 11.8. The third-order valence-electron chi connectivity index (χ3n) is 2.62. The van der Waals surface area contributed by atoms with E-state index in [4.69, 9.17) is 0 Å². The van der Waals surface area contributed by atoms with E-state index >= 15 is 0 Å². The standard InChI is InChI=1S/C12H13BrN2O2/c1-7-4-8(13)6-9(5-7)14-12(17)10-2-3-11(16)15-10/h4-6,10H,2-3H2,1H3,(H,14,17)(H,15,16)/t10-/m0/s1. The van der Waals surface area contributed by atoms with E-state index in [-0.39, 0.29) is 11.8 Å². The van der Waals surface area contributed by atoms with Crippen molar-refractivity contribution >= 4 is 33.4 Å². The molecule has 2 N–H and O–H groups in total. The molecule has 5 heteroatoms. The SMILES string of the molecule is Cc1cc(Br)cc(NC(=O)[C@@H]2CCC(=O)N2)c1. The molecule has 4 nitrogen and oxygen atoms in total. The number of hydrogen-bond donors (Lipinski definition) is 2. The van der Waals surface area contributed by atoms with Gasteiger partial charge in [-0.3, -0.25) is 9.59 Å². The number of nitrogens with one attached hydrogen (secondary N) is 2. The topological polar surface area (TPSA) is 58.2 Å². The van der Waals surface area contributed by atoms with E-state index in [0.29, 0.717) is 12.8 Å². The molecule has 1 saturated heterocycles. The van der Waals surface area contributed by atoms with E-state index in [2.05, 4.69) is 26.6 Å². The number of aryl methyl sites for hydroxylation is 1. The van der Waals surface area contributed by atoms with E-state index in [1.54, 1.807) is 0 Å². The molecule has 2 rings (SSSR count). The van der Waals surface area contributed by atoms with Crippen LogP contribution < -0.4 is 10.6 Å². The molecule has 0 radical (unpaired) electrons. The Morgan fingerprint density at radius 3 is 2.82 bits per heavy atom. The van der Waals surface area contributed by atoms with Gasteiger partial charge in [-0.05, 0) is 37.1 Å². The molecule has 17 heavy (non-hydrogen) atoms. The lowest BCUT2D eigenvalue weighted by Crippen LogP contribution is -2.37. The second kappa shape index (κ2) is 4.87. The predicted molar refractivity (Wildman–Crippen MR) is 68.7 cm³/mol. The first-order chi connectivity index (χ1) is 8.04. The fourth-order valence-electron chi connectivity index (χ4n) is 1.85. The van der Waals surface area contributed by atoms with Crippen LogP contribution >= 0.6 is 15.9 Å².